The van der Waals surface area contributed by atoms with E-state index in [0.29, 0.717) is 11.5 Å². The second-order valence-electron chi connectivity index (χ2n) is 6.30. The van der Waals surface area contributed by atoms with Gasteiger partial charge in [0, 0.05) is 17.8 Å². The van der Waals surface area contributed by atoms with E-state index in [0.717, 1.165) is 36.6 Å². The number of rotatable bonds is 5. The zero-order valence-electron chi connectivity index (χ0n) is 13.6. The second kappa shape index (κ2) is 6.45. The fraction of sp³-hybridized carbons (Fsp3) is 0.471. The van der Waals surface area contributed by atoms with Gasteiger partial charge in [-0.3, -0.25) is 0 Å². The van der Waals surface area contributed by atoms with Gasteiger partial charge in [0.1, 0.15) is 0 Å². The maximum Gasteiger partial charge on any atom is 0.150 e. The summed E-state index contributed by atoms with van der Waals surface area (Å²) >= 11 is 0. The van der Waals surface area contributed by atoms with Crippen molar-refractivity contribution in [2.24, 2.45) is 5.92 Å². The van der Waals surface area contributed by atoms with Crippen molar-refractivity contribution in [3.8, 4) is 5.69 Å². The molecule has 1 unspecified atom stereocenters. The molecule has 1 aliphatic rings. The molecule has 1 aliphatic heterocycles. The van der Waals surface area contributed by atoms with Crippen molar-refractivity contribution in [3.05, 3.63) is 47.3 Å². The molecule has 3 rings (SSSR count). The van der Waals surface area contributed by atoms with Crippen molar-refractivity contribution < 1.29 is 8.42 Å². The van der Waals surface area contributed by atoms with Gasteiger partial charge < -0.3 is 5.32 Å². The Bertz CT molecular complexity index is 782. The van der Waals surface area contributed by atoms with Crippen LogP contribution in [0.4, 0.5) is 0 Å². The summed E-state index contributed by atoms with van der Waals surface area (Å²) in [7, 11) is -2.80. The summed E-state index contributed by atoms with van der Waals surface area (Å²) in [4.78, 5) is 0. The lowest BCUT2D eigenvalue weighted by Gasteiger charge is -2.10. The van der Waals surface area contributed by atoms with Crippen molar-refractivity contribution in [1.29, 1.82) is 0 Å². The SMILES string of the molecule is Cc1nn(-c2ccccc2)c(C)c1CNCC1CCS(=O)(=O)C1. The third-order valence-electron chi connectivity index (χ3n) is 4.50. The molecule has 0 amide bonds. The van der Waals surface area contributed by atoms with Crippen LogP contribution in [-0.2, 0) is 16.4 Å². The molecule has 5 nitrogen and oxygen atoms in total. The van der Waals surface area contributed by atoms with Gasteiger partial charge in [-0.2, -0.15) is 5.10 Å². The standard InChI is InChI=1S/C17H23N3O2S/c1-13-17(11-18-10-15-8-9-23(21,22)12-15)14(2)20(19-13)16-6-4-3-5-7-16/h3-7,15,18H,8-12H2,1-2H3. The first-order valence-electron chi connectivity index (χ1n) is 7.98. The summed E-state index contributed by atoms with van der Waals surface area (Å²) < 4.78 is 25.0. The molecule has 0 saturated carbocycles. The molecule has 0 bridgehead atoms. The van der Waals surface area contributed by atoms with Gasteiger partial charge in [0.15, 0.2) is 9.84 Å². The molecule has 2 aromatic rings. The molecule has 1 aromatic heterocycles. The topological polar surface area (TPSA) is 64.0 Å². The van der Waals surface area contributed by atoms with Crippen molar-refractivity contribution >= 4 is 9.84 Å². The molecule has 1 atom stereocenters. The highest BCUT2D eigenvalue weighted by Gasteiger charge is 2.27. The Labute approximate surface area is 137 Å². The van der Waals surface area contributed by atoms with Crippen LogP contribution in [0, 0.1) is 19.8 Å². The Morgan fingerprint density at radius 1 is 1.26 bits per heavy atom. The van der Waals surface area contributed by atoms with Crippen LogP contribution in [0.2, 0.25) is 0 Å². The van der Waals surface area contributed by atoms with E-state index in [-0.39, 0.29) is 5.92 Å². The summed E-state index contributed by atoms with van der Waals surface area (Å²) in [6, 6.07) is 10.1. The fourth-order valence-electron chi connectivity index (χ4n) is 3.19. The lowest BCUT2D eigenvalue weighted by Crippen LogP contribution is -2.23. The van der Waals surface area contributed by atoms with E-state index in [4.69, 9.17) is 0 Å². The molecule has 1 saturated heterocycles. The normalized spacial score (nSPS) is 20.0. The van der Waals surface area contributed by atoms with Gasteiger partial charge in [0.05, 0.1) is 22.9 Å². The van der Waals surface area contributed by atoms with Gasteiger partial charge in [-0.1, -0.05) is 18.2 Å². The summed E-state index contributed by atoms with van der Waals surface area (Å²) in [5.41, 5.74) is 4.38. The first kappa shape index (κ1) is 16.2. The molecule has 0 spiro atoms. The summed E-state index contributed by atoms with van der Waals surface area (Å²) in [6.45, 7) is 5.56. The number of aromatic nitrogens is 2. The van der Waals surface area contributed by atoms with Crippen LogP contribution in [0.5, 0.6) is 0 Å². The van der Waals surface area contributed by atoms with Crippen molar-refractivity contribution in [1.82, 2.24) is 15.1 Å². The van der Waals surface area contributed by atoms with E-state index in [2.05, 4.69) is 17.3 Å². The fourth-order valence-corrected chi connectivity index (χ4v) is 5.05. The highest BCUT2D eigenvalue weighted by molar-refractivity contribution is 7.91. The summed E-state index contributed by atoms with van der Waals surface area (Å²) in [5, 5.41) is 8.04. The number of para-hydroxylation sites is 1. The lowest BCUT2D eigenvalue weighted by atomic mass is 10.1. The molecule has 1 fully saturated rings. The van der Waals surface area contributed by atoms with Gasteiger partial charge in [-0.05, 0) is 44.9 Å². The zero-order chi connectivity index (χ0) is 16.4. The molecule has 1 aromatic carbocycles. The van der Waals surface area contributed by atoms with Crippen LogP contribution in [0.15, 0.2) is 30.3 Å². The predicted molar refractivity (Wildman–Crippen MR) is 91.5 cm³/mol. The highest BCUT2D eigenvalue weighted by atomic mass is 32.2. The van der Waals surface area contributed by atoms with E-state index in [1.807, 2.05) is 41.9 Å². The first-order valence-corrected chi connectivity index (χ1v) is 9.80. The average Bonchev–Trinajstić information content (AvgIpc) is 3.01. The maximum absolute atomic E-state index is 11.5. The van der Waals surface area contributed by atoms with Gasteiger partial charge in [0.25, 0.3) is 0 Å². The van der Waals surface area contributed by atoms with Crippen molar-refractivity contribution in [2.45, 2.75) is 26.8 Å². The molecule has 2 heterocycles. The van der Waals surface area contributed by atoms with Crippen LogP contribution >= 0.6 is 0 Å². The van der Waals surface area contributed by atoms with Crippen LogP contribution in [0.3, 0.4) is 0 Å². The minimum absolute atomic E-state index is 0.241. The Balaban J connectivity index is 1.66. The van der Waals surface area contributed by atoms with E-state index in [1.54, 1.807) is 0 Å². The third-order valence-corrected chi connectivity index (χ3v) is 6.34. The van der Waals surface area contributed by atoms with Crippen LogP contribution < -0.4 is 5.32 Å². The monoisotopic (exact) mass is 333 g/mol. The molecule has 0 radical (unpaired) electrons. The lowest BCUT2D eigenvalue weighted by molar-refractivity contribution is 0.519. The first-order chi connectivity index (χ1) is 11.0. The van der Waals surface area contributed by atoms with Crippen molar-refractivity contribution in [2.75, 3.05) is 18.1 Å². The predicted octanol–water partition coefficient (Wildman–Crippen LogP) is 2.01. The summed E-state index contributed by atoms with van der Waals surface area (Å²) in [5.74, 6) is 0.898. The Morgan fingerprint density at radius 2 is 2.00 bits per heavy atom. The second-order valence-corrected chi connectivity index (χ2v) is 8.53. The van der Waals surface area contributed by atoms with E-state index in [1.165, 1.54) is 5.56 Å². The zero-order valence-corrected chi connectivity index (χ0v) is 14.4. The number of nitrogens with zero attached hydrogens (tertiary/aromatic N) is 2. The largest absolute Gasteiger partial charge is 0.312 e. The number of aryl methyl sites for hydroxylation is 1. The summed E-state index contributed by atoms with van der Waals surface area (Å²) in [6.07, 6.45) is 0.774. The van der Waals surface area contributed by atoms with Crippen LogP contribution in [0.25, 0.3) is 5.69 Å². The number of benzene rings is 1. The van der Waals surface area contributed by atoms with Crippen molar-refractivity contribution in [3.63, 3.8) is 0 Å². The quantitative estimate of drug-likeness (QED) is 0.909. The minimum atomic E-state index is -2.80. The van der Waals surface area contributed by atoms with Gasteiger partial charge in [-0.15, -0.1) is 0 Å². The molecule has 23 heavy (non-hydrogen) atoms. The van der Waals surface area contributed by atoms with Gasteiger partial charge in [-0.25, -0.2) is 13.1 Å². The number of nitrogens with one attached hydrogen (secondary N) is 1. The molecule has 6 heteroatoms. The van der Waals surface area contributed by atoms with E-state index >= 15 is 0 Å². The van der Waals surface area contributed by atoms with E-state index < -0.39 is 9.84 Å². The van der Waals surface area contributed by atoms with E-state index in [9.17, 15) is 8.42 Å². The van der Waals surface area contributed by atoms with Gasteiger partial charge in [0.2, 0.25) is 0 Å². The van der Waals surface area contributed by atoms with Crippen LogP contribution in [0.1, 0.15) is 23.4 Å². The number of sulfone groups is 1. The molecule has 1 N–H and O–H groups in total. The maximum atomic E-state index is 11.5. The number of hydrogen-bond donors (Lipinski definition) is 1. The molecule has 0 aliphatic carbocycles. The third kappa shape index (κ3) is 3.64. The Morgan fingerprint density at radius 3 is 2.65 bits per heavy atom. The Kier molecular flexibility index (Phi) is 4.55. The van der Waals surface area contributed by atoms with Gasteiger partial charge >= 0.3 is 0 Å². The smallest absolute Gasteiger partial charge is 0.150 e. The number of hydrogen-bond acceptors (Lipinski definition) is 4. The Hall–Kier alpha value is -1.66. The molecule has 124 valence electrons. The average molecular weight is 333 g/mol. The highest BCUT2D eigenvalue weighted by Crippen LogP contribution is 2.19. The molecular weight excluding hydrogens is 310 g/mol. The minimum Gasteiger partial charge on any atom is -0.312 e. The molecular formula is C17H23N3O2S. The van der Waals surface area contributed by atoms with Crippen LogP contribution in [-0.4, -0.2) is 36.2 Å².